The third-order valence-electron chi connectivity index (χ3n) is 2.40. The first-order valence-corrected chi connectivity index (χ1v) is 6.07. The number of nitrogens with zero attached hydrogens (tertiary/aromatic N) is 1. The molecule has 0 saturated carbocycles. The van der Waals surface area contributed by atoms with Crippen LogP contribution in [0, 0.1) is 11.8 Å². The van der Waals surface area contributed by atoms with Crippen LogP contribution in [0.1, 0.15) is 16.7 Å². The number of likely N-dealkylation sites (N-methyl/N-ethyl adjacent to an activating group) is 1. The Labute approximate surface area is 101 Å². The first-order valence-electron chi connectivity index (χ1n) is 5.26. The molecule has 16 heavy (non-hydrogen) atoms. The Balaban J connectivity index is 2.58. The summed E-state index contributed by atoms with van der Waals surface area (Å²) in [5.41, 5.74) is 5.32. The van der Waals surface area contributed by atoms with Crippen LogP contribution < -0.4 is 5.73 Å². The van der Waals surface area contributed by atoms with Crippen molar-refractivity contribution in [1.82, 2.24) is 4.90 Å². The van der Waals surface area contributed by atoms with Gasteiger partial charge in [-0.2, -0.15) is 0 Å². The van der Waals surface area contributed by atoms with E-state index in [1.165, 1.54) is 4.88 Å². The molecule has 0 aliphatic rings. The number of hydrogen-bond donors (Lipinski definition) is 2. The molecule has 3 N–H and O–H groups in total. The largest absolute Gasteiger partial charge is 0.395 e. The van der Waals surface area contributed by atoms with Crippen molar-refractivity contribution in [1.29, 1.82) is 0 Å². The molecule has 0 radical (unpaired) electrons. The molecule has 1 unspecified atom stereocenters. The minimum Gasteiger partial charge on any atom is -0.395 e. The predicted molar refractivity (Wildman–Crippen MR) is 68.3 cm³/mol. The third-order valence-corrected chi connectivity index (χ3v) is 3.38. The van der Waals surface area contributed by atoms with E-state index in [0.717, 1.165) is 11.4 Å². The van der Waals surface area contributed by atoms with Crippen molar-refractivity contribution in [2.75, 3.05) is 20.2 Å². The summed E-state index contributed by atoms with van der Waals surface area (Å²) in [7, 11) is 2.01. The Hall–Kier alpha value is -0.860. The molecule has 1 rings (SSSR count). The maximum Gasteiger partial charge on any atom is 0.0772 e. The fourth-order valence-electron chi connectivity index (χ4n) is 1.21. The van der Waals surface area contributed by atoms with Gasteiger partial charge in [-0.05, 0) is 26.1 Å². The number of hydrogen-bond acceptors (Lipinski definition) is 4. The second-order valence-electron chi connectivity index (χ2n) is 3.72. The van der Waals surface area contributed by atoms with Crippen LogP contribution in [0.5, 0.6) is 0 Å². The van der Waals surface area contributed by atoms with Crippen molar-refractivity contribution in [3.8, 4) is 11.8 Å². The summed E-state index contributed by atoms with van der Waals surface area (Å²) in [4.78, 5) is 4.42. The van der Waals surface area contributed by atoms with Crippen LogP contribution in [-0.4, -0.2) is 36.2 Å². The molecule has 1 heterocycles. The number of aliphatic hydroxyl groups excluding tert-OH is 1. The standard InChI is InChI=1S/C12H18N2OS/c1-10(9-15)14(2)8-12-6-5-11(16-12)4-3-7-13/h5-6,10,15H,7-9,13H2,1-2H3. The SMILES string of the molecule is CC(CO)N(C)Cc1ccc(C#CCN)s1. The zero-order chi connectivity index (χ0) is 12.0. The fourth-order valence-corrected chi connectivity index (χ4v) is 2.16. The summed E-state index contributed by atoms with van der Waals surface area (Å²) >= 11 is 1.68. The van der Waals surface area contributed by atoms with E-state index in [2.05, 4.69) is 22.8 Å². The lowest BCUT2D eigenvalue weighted by molar-refractivity contribution is 0.155. The predicted octanol–water partition coefficient (Wildman–Crippen LogP) is 0.871. The highest BCUT2D eigenvalue weighted by Gasteiger charge is 2.09. The van der Waals surface area contributed by atoms with Crippen molar-refractivity contribution in [3.63, 3.8) is 0 Å². The van der Waals surface area contributed by atoms with E-state index in [9.17, 15) is 0 Å². The summed E-state index contributed by atoms with van der Waals surface area (Å²) in [5, 5.41) is 9.03. The number of thiophene rings is 1. The van der Waals surface area contributed by atoms with Crippen molar-refractivity contribution >= 4 is 11.3 Å². The van der Waals surface area contributed by atoms with Gasteiger partial charge in [-0.3, -0.25) is 4.90 Å². The van der Waals surface area contributed by atoms with Gasteiger partial charge in [-0.1, -0.05) is 11.8 Å². The van der Waals surface area contributed by atoms with Gasteiger partial charge in [0.1, 0.15) is 0 Å². The number of rotatable bonds is 4. The zero-order valence-corrected chi connectivity index (χ0v) is 10.5. The highest BCUT2D eigenvalue weighted by atomic mass is 32.1. The molecule has 0 amide bonds. The van der Waals surface area contributed by atoms with Crippen molar-refractivity contribution in [2.24, 2.45) is 5.73 Å². The quantitative estimate of drug-likeness (QED) is 0.765. The summed E-state index contributed by atoms with van der Waals surface area (Å²) in [6.07, 6.45) is 0. The molecule has 1 atom stereocenters. The average molecular weight is 238 g/mol. The van der Waals surface area contributed by atoms with Gasteiger partial charge in [0.2, 0.25) is 0 Å². The van der Waals surface area contributed by atoms with E-state index in [0.29, 0.717) is 6.54 Å². The van der Waals surface area contributed by atoms with E-state index in [-0.39, 0.29) is 12.6 Å². The normalized spacial score (nSPS) is 12.3. The molecule has 0 spiro atoms. The molecule has 3 nitrogen and oxygen atoms in total. The lowest BCUT2D eigenvalue weighted by atomic mass is 10.3. The second-order valence-corrected chi connectivity index (χ2v) is 4.89. The second kappa shape index (κ2) is 6.66. The molecular weight excluding hydrogens is 220 g/mol. The smallest absolute Gasteiger partial charge is 0.0772 e. The van der Waals surface area contributed by atoms with Gasteiger partial charge in [0.05, 0.1) is 18.0 Å². The molecule has 0 saturated heterocycles. The van der Waals surface area contributed by atoms with Gasteiger partial charge in [-0.25, -0.2) is 0 Å². The lowest BCUT2D eigenvalue weighted by Gasteiger charge is -2.21. The van der Waals surface area contributed by atoms with E-state index in [4.69, 9.17) is 10.8 Å². The number of nitrogens with two attached hydrogens (primary N) is 1. The molecule has 4 heteroatoms. The van der Waals surface area contributed by atoms with Crippen LogP contribution in [-0.2, 0) is 6.54 Å². The first-order chi connectivity index (χ1) is 7.67. The molecule has 0 aromatic carbocycles. The van der Waals surface area contributed by atoms with Gasteiger partial charge in [0.15, 0.2) is 0 Å². The molecule has 0 bridgehead atoms. The Morgan fingerprint density at radius 1 is 1.56 bits per heavy atom. The summed E-state index contributed by atoms with van der Waals surface area (Å²) in [6.45, 7) is 3.43. The van der Waals surface area contributed by atoms with E-state index in [1.807, 2.05) is 20.0 Å². The van der Waals surface area contributed by atoms with Crippen LogP contribution in [0.4, 0.5) is 0 Å². The zero-order valence-electron chi connectivity index (χ0n) is 9.73. The molecular formula is C12H18N2OS. The van der Waals surface area contributed by atoms with Crippen LogP contribution in [0.2, 0.25) is 0 Å². The molecule has 0 aliphatic carbocycles. The first kappa shape index (κ1) is 13.2. The topological polar surface area (TPSA) is 49.5 Å². The highest BCUT2D eigenvalue weighted by Crippen LogP contribution is 2.17. The van der Waals surface area contributed by atoms with Gasteiger partial charge >= 0.3 is 0 Å². The number of aliphatic hydroxyl groups is 1. The molecule has 0 aliphatic heterocycles. The maximum atomic E-state index is 9.03. The average Bonchev–Trinajstić information content (AvgIpc) is 2.72. The van der Waals surface area contributed by atoms with Crippen LogP contribution in [0.3, 0.4) is 0 Å². The summed E-state index contributed by atoms with van der Waals surface area (Å²) in [5.74, 6) is 5.86. The minimum absolute atomic E-state index is 0.181. The van der Waals surface area contributed by atoms with E-state index < -0.39 is 0 Å². The van der Waals surface area contributed by atoms with Crippen LogP contribution >= 0.6 is 11.3 Å². The highest BCUT2D eigenvalue weighted by molar-refractivity contribution is 7.12. The van der Waals surface area contributed by atoms with Crippen molar-refractivity contribution < 1.29 is 5.11 Å². The monoisotopic (exact) mass is 238 g/mol. The van der Waals surface area contributed by atoms with E-state index >= 15 is 0 Å². The Kier molecular flexibility index (Phi) is 5.50. The third kappa shape index (κ3) is 3.95. The molecule has 1 aromatic heterocycles. The lowest BCUT2D eigenvalue weighted by Crippen LogP contribution is -2.31. The Morgan fingerprint density at radius 3 is 2.94 bits per heavy atom. The summed E-state index contributed by atoms with van der Waals surface area (Å²) in [6, 6.07) is 4.27. The van der Waals surface area contributed by atoms with Crippen molar-refractivity contribution in [2.45, 2.75) is 19.5 Å². The minimum atomic E-state index is 0.181. The Bertz CT molecular complexity index is 378. The van der Waals surface area contributed by atoms with Gasteiger partial charge in [0, 0.05) is 17.5 Å². The molecule has 1 aromatic rings. The maximum absolute atomic E-state index is 9.03. The van der Waals surface area contributed by atoms with Gasteiger partial charge in [0.25, 0.3) is 0 Å². The van der Waals surface area contributed by atoms with E-state index in [1.54, 1.807) is 11.3 Å². The fraction of sp³-hybridized carbons (Fsp3) is 0.500. The van der Waals surface area contributed by atoms with Crippen LogP contribution in [0.15, 0.2) is 12.1 Å². The van der Waals surface area contributed by atoms with Gasteiger partial charge in [-0.15, -0.1) is 11.3 Å². The molecule has 88 valence electrons. The summed E-state index contributed by atoms with van der Waals surface area (Å²) < 4.78 is 0. The van der Waals surface area contributed by atoms with Crippen molar-refractivity contribution in [3.05, 3.63) is 21.9 Å². The van der Waals surface area contributed by atoms with Crippen LogP contribution in [0.25, 0.3) is 0 Å². The van der Waals surface area contributed by atoms with Gasteiger partial charge < -0.3 is 10.8 Å². The Morgan fingerprint density at radius 2 is 2.31 bits per heavy atom. The molecule has 0 fully saturated rings.